The van der Waals surface area contributed by atoms with Gasteiger partial charge in [-0.3, -0.25) is 9.59 Å². The van der Waals surface area contributed by atoms with Gasteiger partial charge in [-0.15, -0.1) is 11.8 Å². The number of aliphatic carboxylic acids is 1. The van der Waals surface area contributed by atoms with Crippen LogP contribution in [0.2, 0.25) is 0 Å². The summed E-state index contributed by atoms with van der Waals surface area (Å²) in [4.78, 5) is 38.1. The minimum atomic E-state index is -1.36. The van der Waals surface area contributed by atoms with E-state index in [9.17, 15) is 28.3 Å². The summed E-state index contributed by atoms with van der Waals surface area (Å²) in [5.41, 5.74) is -1.04. The number of carbonyl (C=O) groups excluding carboxylic acids is 1. The zero-order chi connectivity index (χ0) is 19.7. The molecule has 1 aromatic heterocycles. The van der Waals surface area contributed by atoms with E-state index in [-0.39, 0.29) is 33.0 Å². The molecule has 1 amide bonds. The van der Waals surface area contributed by atoms with E-state index in [0.717, 1.165) is 11.8 Å². The normalized spacial score (nSPS) is 16.5. The second kappa shape index (κ2) is 7.36. The topological polar surface area (TPSA) is 99.3 Å². The van der Waals surface area contributed by atoms with Gasteiger partial charge in [0.2, 0.25) is 0 Å². The number of amides is 1. The van der Waals surface area contributed by atoms with Gasteiger partial charge in [0.1, 0.15) is 5.56 Å². The maximum Gasteiger partial charge on any atom is 0.334 e. The van der Waals surface area contributed by atoms with E-state index in [1.807, 2.05) is 0 Å². The number of pyridine rings is 1. The van der Waals surface area contributed by atoms with E-state index >= 15 is 0 Å². The van der Waals surface area contributed by atoms with Gasteiger partial charge < -0.3 is 15.4 Å². The highest BCUT2D eigenvalue weighted by atomic mass is 32.2. The Balaban J connectivity index is 1.99. The number of aryl methyl sites for hydroxylation is 1. The Labute approximate surface area is 156 Å². The van der Waals surface area contributed by atoms with Crippen molar-refractivity contribution in [2.75, 3.05) is 5.75 Å². The molecule has 9 heteroatoms. The number of H-pyrrole nitrogens is 1. The van der Waals surface area contributed by atoms with Crippen LogP contribution < -0.4 is 10.9 Å². The Morgan fingerprint density at radius 3 is 2.67 bits per heavy atom. The number of thioether (sulfide) groups is 1. The number of hydrogen-bond donors (Lipinski definition) is 3. The predicted molar refractivity (Wildman–Crippen MR) is 95.5 cm³/mol. The first kappa shape index (κ1) is 18.8. The minimum absolute atomic E-state index is 0.00105. The van der Waals surface area contributed by atoms with E-state index in [1.165, 1.54) is 37.4 Å². The van der Waals surface area contributed by atoms with Gasteiger partial charge in [-0.2, -0.15) is 0 Å². The SMILES string of the molecule is Cc1ccc(C2CSC(NC(=O)c3ccc[nH]c3=O)=C2C(=O)O)c(F)c1F. The van der Waals surface area contributed by atoms with Gasteiger partial charge in [0, 0.05) is 17.9 Å². The first-order chi connectivity index (χ1) is 12.8. The van der Waals surface area contributed by atoms with Gasteiger partial charge in [0.15, 0.2) is 11.6 Å². The van der Waals surface area contributed by atoms with E-state index in [0.29, 0.717) is 0 Å². The molecule has 1 atom stereocenters. The molecule has 140 valence electrons. The van der Waals surface area contributed by atoms with Crippen LogP contribution in [0.1, 0.15) is 27.4 Å². The number of rotatable bonds is 4. The Kier molecular flexibility index (Phi) is 5.13. The summed E-state index contributed by atoms with van der Waals surface area (Å²) in [6.45, 7) is 1.41. The molecule has 0 saturated carbocycles. The van der Waals surface area contributed by atoms with E-state index in [1.54, 1.807) is 0 Å². The van der Waals surface area contributed by atoms with Crippen LogP contribution in [0.15, 0.2) is 45.9 Å². The van der Waals surface area contributed by atoms with Crippen LogP contribution >= 0.6 is 11.8 Å². The van der Waals surface area contributed by atoms with Crippen LogP contribution in [-0.4, -0.2) is 27.7 Å². The molecule has 3 rings (SSSR count). The minimum Gasteiger partial charge on any atom is -0.478 e. The van der Waals surface area contributed by atoms with E-state index in [2.05, 4.69) is 10.3 Å². The number of nitrogens with one attached hydrogen (secondary N) is 2. The Bertz CT molecular complexity index is 1030. The third kappa shape index (κ3) is 3.50. The van der Waals surface area contributed by atoms with Crippen molar-refractivity contribution in [3.05, 3.63) is 79.7 Å². The third-order valence-electron chi connectivity index (χ3n) is 4.19. The third-order valence-corrected chi connectivity index (χ3v) is 5.30. The second-order valence-corrected chi connectivity index (χ2v) is 6.91. The molecule has 0 radical (unpaired) electrons. The summed E-state index contributed by atoms with van der Waals surface area (Å²) in [7, 11) is 0. The molecule has 1 aromatic carbocycles. The fourth-order valence-electron chi connectivity index (χ4n) is 2.78. The number of carbonyl (C=O) groups is 2. The van der Waals surface area contributed by atoms with Gasteiger partial charge in [-0.1, -0.05) is 12.1 Å². The highest BCUT2D eigenvalue weighted by Crippen LogP contribution is 2.42. The molecule has 1 aliphatic rings. The molecule has 0 aliphatic carbocycles. The standard InChI is InChI=1S/C18H14F2N2O4S/c1-8-4-5-9(14(20)13(8)19)11-7-27-17(12(11)18(25)26)22-16(24)10-3-2-6-21-15(10)23/h2-6,11H,7H2,1H3,(H,21,23)(H,22,24)(H,25,26). The highest BCUT2D eigenvalue weighted by molar-refractivity contribution is 8.03. The van der Waals surface area contributed by atoms with Gasteiger partial charge in [0.25, 0.3) is 11.5 Å². The number of hydrogen-bond acceptors (Lipinski definition) is 4. The molecule has 0 bridgehead atoms. The zero-order valence-corrected chi connectivity index (χ0v) is 14.8. The first-order valence-corrected chi connectivity index (χ1v) is 8.83. The molecule has 0 spiro atoms. The molecule has 1 aliphatic heterocycles. The predicted octanol–water partition coefficient (Wildman–Crippen LogP) is 2.52. The van der Waals surface area contributed by atoms with Crippen molar-refractivity contribution >= 4 is 23.6 Å². The summed E-state index contributed by atoms with van der Waals surface area (Å²) >= 11 is 0.995. The van der Waals surface area contributed by atoms with Crippen LogP contribution in [0, 0.1) is 18.6 Å². The summed E-state index contributed by atoms with van der Waals surface area (Å²) in [6, 6.07) is 5.46. The van der Waals surface area contributed by atoms with Crippen molar-refractivity contribution in [3.8, 4) is 0 Å². The van der Waals surface area contributed by atoms with Crippen LogP contribution in [0.4, 0.5) is 8.78 Å². The number of aromatic nitrogens is 1. The van der Waals surface area contributed by atoms with Crippen molar-refractivity contribution in [1.29, 1.82) is 0 Å². The van der Waals surface area contributed by atoms with E-state index < -0.39 is 35.0 Å². The average Bonchev–Trinajstić information content (AvgIpc) is 3.03. The van der Waals surface area contributed by atoms with Crippen molar-refractivity contribution in [2.45, 2.75) is 12.8 Å². The molecule has 3 N–H and O–H groups in total. The number of carboxylic acids is 1. The number of carboxylic acid groups (broad SMARTS) is 1. The molecule has 27 heavy (non-hydrogen) atoms. The van der Waals surface area contributed by atoms with Crippen molar-refractivity contribution < 1.29 is 23.5 Å². The zero-order valence-electron chi connectivity index (χ0n) is 14.0. The van der Waals surface area contributed by atoms with Gasteiger partial charge in [-0.05, 0) is 30.2 Å². The molecule has 0 fully saturated rings. The number of benzene rings is 1. The van der Waals surface area contributed by atoms with Crippen molar-refractivity contribution in [3.63, 3.8) is 0 Å². The van der Waals surface area contributed by atoms with Gasteiger partial charge in [-0.25, -0.2) is 13.6 Å². The maximum absolute atomic E-state index is 14.3. The lowest BCUT2D eigenvalue weighted by Crippen LogP contribution is -2.29. The summed E-state index contributed by atoms with van der Waals surface area (Å²) in [5.74, 6) is -5.10. The van der Waals surface area contributed by atoms with Crippen molar-refractivity contribution in [1.82, 2.24) is 10.3 Å². The fraction of sp³-hybridized carbons (Fsp3) is 0.167. The number of halogens is 2. The molecule has 2 aromatic rings. The Hall–Kier alpha value is -2.94. The lowest BCUT2D eigenvalue weighted by atomic mass is 9.92. The second-order valence-electron chi connectivity index (χ2n) is 5.88. The summed E-state index contributed by atoms with van der Waals surface area (Å²) in [5, 5.41) is 12.0. The lowest BCUT2D eigenvalue weighted by Gasteiger charge is -2.14. The Morgan fingerprint density at radius 2 is 2.00 bits per heavy atom. The van der Waals surface area contributed by atoms with Crippen molar-refractivity contribution in [2.24, 2.45) is 0 Å². The molecular formula is C18H14F2N2O4S. The quantitative estimate of drug-likeness (QED) is 0.743. The number of aromatic amines is 1. The molecule has 6 nitrogen and oxygen atoms in total. The first-order valence-electron chi connectivity index (χ1n) is 7.85. The Morgan fingerprint density at radius 1 is 1.26 bits per heavy atom. The van der Waals surface area contributed by atoms with Crippen LogP contribution in [0.5, 0.6) is 0 Å². The highest BCUT2D eigenvalue weighted by Gasteiger charge is 2.36. The molecule has 0 saturated heterocycles. The summed E-state index contributed by atoms with van der Waals surface area (Å²) < 4.78 is 28.2. The maximum atomic E-state index is 14.3. The van der Waals surface area contributed by atoms with Crippen LogP contribution in [0.3, 0.4) is 0 Å². The van der Waals surface area contributed by atoms with Gasteiger partial charge in [0.05, 0.1) is 10.6 Å². The van der Waals surface area contributed by atoms with E-state index in [4.69, 9.17) is 0 Å². The monoisotopic (exact) mass is 392 g/mol. The lowest BCUT2D eigenvalue weighted by molar-refractivity contribution is -0.132. The summed E-state index contributed by atoms with van der Waals surface area (Å²) in [6.07, 6.45) is 1.36. The fourth-order valence-corrected chi connectivity index (χ4v) is 4.01. The smallest absolute Gasteiger partial charge is 0.334 e. The molecule has 1 unspecified atom stereocenters. The average molecular weight is 392 g/mol. The molecule has 2 heterocycles. The van der Waals surface area contributed by atoms with Gasteiger partial charge >= 0.3 is 5.97 Å². The largest absolute Gasteiger partial charge is 0.478 e. The molecular weight excluding hydrogens is 378 g/mol. The van der Waals surface area contributed by atoms with Crippen LogP contribution in [-0.2, 0) is 4.79 Å². The van der Waals surface area contributed by atoms with Crippen LogP contribution in [0.25, 0.3) is 0 Å².